The van der Waals surface area contributed by atoms with E-state index in [-0.39, 0.29) is 12.0 Å². The Labute approximate surface area is 178 Å². The number of nitrogens with zero attached hydrogens (tertiary/aromatic N) is 1. The highest BCUT2D eigenvalue weighted by Crippen LogP contribution is 2.34. The number of hydrogen-bond donors (Lipinski definition) is 2. The van der Waals surface area contributed by atoms with Gasteiger partial charge in [-0.15, -0.1) is 0 Å². The Morgan fingerprint density at radius 2 is 1.68 bits per heavy atom. The van der Waals surface area contributed by atoms with Gasteiger partial charge >= 0.3 is 0 Å². The highest BCUT2D eigenvalue weighted by Gasteiger charge is 2.38. The summed E-state index contributed by atoms with van der Waals surface area (Å²) in [6, 6.07) is 18.1. The van der Waals surface area contributed by atoms with E-state index in [1.807, 2.05) is 19.1 Å². The molecule has 3 aromatic rings. The first kappa shape index (κ1) is 20.3. The fourth-order valence-corrected chi connectivity index (χ4v) is 3.48. The standard InChI is InChI=1S/C24H20FN3O3/c1-15-6-12-18(13-7-15)26-22(29)14-21-23(30)27-19-4-2-3-5-20(19)28(21)24(31)16-8-10-17(25)11-9-16/h2-13,21H,14H2,1H3,(H,26,29)(H,27,30). The lowest BCUT2D eigenvalue weighted by molar-refractivity contribution is -0.122. The quantitative estimate of drug-likeness (QED) is 0.670. The molecule has 2 N–H and O–H groups in total. The van der Waals surface area contributed by atoms with Crippen molar-refractivity contribution in [3.63, 3.8) is 0 Å². The maximum absolute atomic E-state index is 13.3. The number of rotatable bonds is 4. The molecule has 0 spiro atoms. The molecule has 7 heteroatoms. The van der Waals surface area contributed by atoms with Crippen LogP contribution in [0.15, 0.2) is 72.8 Å². The van der Waals surface area contributed by atoms with Gasteiger partial charge in [-0.3, -0.25) is 19.3 Å². The molecule has 0 saturated heterocycles. The highest BCUT2D eigenvalue weighted by atomic mass is 19.1. The number of carbonyl (C=O) groups excluding carboxylic acids is 3. The van der Waals surface area contributed by atoms with Crippen molar-refractivity contribution in [2.24, 2.45) is 0 Å². The van der Waals surface area contributed by atoms with Crippen LogP contribution in [-0.4, -0.2) is 23.8 Å². The smallest absolute Gasteiger partial charge is 0.259 e. The van der Waals surface area contributed by atoms with Gasteiger partial charge in [0.1, 0.15) is 11.9 Å². The normalized spacial score (nSPS) is 15.1. The van der Waals surface area contributed by atoms with Gasteiger partial charge in [0.15, 0.2) is 0 Å². The summed E-state index contributed by atoms with van der Waals surface area (Å²) in [6.45, 7) is 1.94. The molecule has 1 unspecified atom stereocenters. The van der Waals surface area contributed by atoms with Gasteiger partial charge in [-0.25, -0.2) is 4.39 Å². The molecule has 0 saturated carbocycles. The summed E-state index contributed by atoms with van der Waals surface area (Å²) < 4.78 is 13.3. The molecule has 1 aliphatic rings. The summed E-state index contributed by atoms with van der Waals surface area (Å²) in [5.74, 6) is -1.83. The lowest BCUT2D eigenvalue weighted by Gasteiger charge is -2.36. The molecule has 0 bridgehead atoms. The van der Waals surface area contributed by atoms with E-state index in [0.29, 0.717) is 17.1 Å². The minimum Gasteiger partial charge on any atom is -0.326 e. The second-order valence-corrected chi connectivity index (χ2v) is 7.32. The van der Waals surface area contributed by atoms with Crippen molar-refractivity contribution < 1.29 is 18.8 Å². The van der Waals surface area contributed by atoms with E-state index in [1.165, 1.54) is 29.2 Å². The second-order valence-electron chi connectivity index (χ2n) is 7.32. The molecule has 31 heavy (non-hydrogen) atoms. The van der Waals surface area contributed by atoms with E-state index >= 15 is 0 Å². The number of anilines is 3. The molecule has 156 valence electrons. The highest BCUT2D eigenvalue weighted by molar-refractivity contribution is 6.17. The van der Waals surface area contributed by atoms with Crippen molar-refractivity contribution >= 4 is 34.8 Å². The number of carbonyl (C=O) groups is 3. The number of halogens is 1. The van der Waals surface area contributed by atoms with Crippen molar-refractivity contribution in [3.8, 4) is 0 Å². The number of benzene rings is 3. The Morgan fingerprint density at radius 1 is 1.00 bits per heavy atom. The molecule has 1 aliphatic heterocycles. The van der Waals surface area contributed by atoms with E-state index in [9.17, 15) is 18.8 Å². The number of fused-ring (bicyclic) bond motifs is 1. The van der Waals surface area contributed by atoms with Crippen molar-refractivity contribution in [3.05, 3.63) is 89.7 Å². The molecule has 0 aromatic heterocycles. The predicted octanol–water partition coefficient (Wildman–Crippen LogP) is 4.13. The Hall–Kier alpha value is -4.00. The largest absolute Gasteiger partial charge is 0.326 e. The molecule has 0 radical (unpaired) electrons. The van der Waals surface area contributed by atoms with Crippen molar-refractivity contribution in [1.82, 2.24) is 0 Å². The Balaban J connectivity index is 1.64. The SMILES string of the molecule is Cc1ccc(NC(=O)CC2C(=O)Nc3ccccc3N2C(=O)c2ccc(F)cc2)cc1. The van der Waals surface area contributed by atoms with E-state index < -0.39 is 29.6 Å². The summed E-state index contributed by atoms with van der Waals surface area (Å²) in [5, 5.41) is 5.52. The van der Waals surface area contributed by atoms with E-state index in [4.69, 9.17) is 0 Å². The zero-order valence-corrected chi connectivity index (χ0v) is 16.8. The molecule has 3 amide bonds. The predicted molar refractivity (Wildman–Crippen MR) is 116 cm³/mol. The minimum absolute atomic E-state index is 0.217. The maximum atomic E-state index is 13.3. The Bertz CT molecular complexity index is 1140. The molecular formula is C24H20FN3O3. The van der Waals surface area contributed by atoms with Gasteiger partial charge in [0.25, 0.3) is 5.91 Å². The average molecular weight is 417 g/mol. The number of aryl methyl sites for hydroxylation is 1. The van der Waals surface area contributed by atoms with Crippen LogP contribution in [0.3, 0.4) is 0 Å². The van der Waals surface area contributed by atoms with Gasteiger partial charge in [0.2, 0.25) is 11.8 Å². The molecule has 0 fully saturated rings. The first-order valence-corrected chi connectivity index (χ1v) is 9.78. The molecule has 0 aliphatic carbocycles. The molecule has 1 atom stereocenters. The van der Waals surface area contributed by atoms with Crippen LogP contribution < -0.4 is 15.5 Å². The van der Waals surface area contributed by atoms with Gasteiger partial charge in [-0.05, 0) is 55.5 Å². The Kier molecular flexibility index (Phi) is 5.49. The van der Waals surface area contributed by atoms with Crippen LogP contribution in [0.25, 0.3) is 0 Å². The van der Waals surface area contributed by atoms with E-state index in [0.717, 1.165) is 5.56 Å². The molecule has 3 aromatic carbocycles. The van der Waals surface area contributed by atoms with Gasteiger partial charge in [0.05, 0.1) is 17.8 Å². The first-order valence-electron chi connectivity index (χ1n) is 9.78. The van der Waals surface area contributed by atoms with Crippen LogP contribution in [0.4, 0.5) is 21.5 Å². The monoisotopic (exact) mass is 417 g/mol. The van der Waals surface area contributed by atoms with E-state index in [2.05, 4.69) is 10.6 Å². The lowest BCUT2D eigenvalue weighted by atomic mass is 10.0. The Morgan fingerprint density at radius 3 is 2.39 bits per heavy atom. The van der Waals surface area contributed by atoms with Crippen LogP contribution in [0, 0.1) is 12.7 Å². The summed E-state index contributed by atoms with van der Waals surface area (Å²) >= 11 is 0. The van der Waals surface area contributed by atoms with Crippen LogP contribution >= 0.6 is 0 Å². The molecular weight excluding hydrogens is 397 g/mol. The van der Waals surface area contributed by atoms with Crippen LogP contribution in [-0.2, 0) is 9.59 Å². The third-order valence-corrected chi connectivity index (χ3v) is 5.06. The number of hydrogen-bond acceptors (Lipinski definition) is 3. The van der Waals surface area contributed by atoms with E-state index in [1.54, 1.807) is 36.4 Å². The van der Waals surface area contributed by atoms with Crippen molar-refractivity contribution in [2.75, 3.05) is 15.5 Å². The summed E-state index contributed by atoms with van der Waals surface area (Å²) in [5.41, 5.74) is 2.82. The van der Waals surface area contributed by atoms with Gasteiger partial charge in [-0.1, -0.05) is 29.8 Å². The average Bonchev–Trinajstić information content (AvgIpc) is 2.76. The third kappa shape index (κ3) is 4.30. The summed E-state index contributed by atoms with van der Waals surface area (Å²) in [7, 11) is 0. The van der Waals surface area contributed by atoms with Crippen LogP contribution in [0.1, 0.15) is 22.3 Å². The van der Waals surface area contributed by atoms with Crippen LogP contribution in [0.2, 0.25) is 0 Å². The van der Waals surface area contributed by atoms with Gasteiger partial charge in [-0.2, -0.15) is 0 Å². The maximum Gasteiger partial charge on any atom is 0.259 e. The van der Waals surface area contributed by atoms with Gasteiger partial charge in [0, 0.05) is 11.3 Å². The fraction of sp³-hybridized carbons (Fsp3) is 0.125. The number of amides is 3. The van der Waals surface area contributed by atoms with Gasteiger partial charge < -0.3 is 10.6 Å². The summed E-state index contributed by atoms with van der Waals surface area (Å²) in [6.07, 6.45) is -0.235. The zero-order chi connectivity index (χ0) is 22.0. The number of nitrogens with one attached hydrogen (secondary N) is 2. The third-order valence-electron chi connectivity index (χ3n) is 5.06. The fourth-order valence-electron chi connectivity index (χ4n) is 3.48. The lowest BCUT2D eigenvalue weighted by Crippen LogP contribution is -2.52. The van der Waals surface area contributed by atoms with Crippen LogP contribution in [0.5, 0.6) is 0 Å². The number of para-hydroxylation sites is 2. The molecule has 4 rings (SSSR count). The second kappa shape index (κ2) is 8.39. The zero-order valence-electron chi connectivity index (χ0n) is 16.8. The topological polar surface area (TPSA) is 78.5 Å². The van der Waals surface area contributed by atoms with Crippen molar-refractivity contribution in [1.29, 1.82) is 0 Å². The molecule has 1 heterocycles. The van der Waals surface area contributed by atoms with Crippen molar-refractivity contribution in [2.45, 2.75) is 19.4 Å². The molecule has 6 nitrogen and oxygen atoms in total. The minimum atomic E-state index is -1.06. The summed E-state index contributed by atoms with van der Waals surface area (Å²) in [4.78, 5) is 40.1. The first-order chi connectivity index (χ1) is 14.9.